The lowest BCUT2D eigenvalue weighted by Crippen LogP contribution is -2.44. The largest absolute Gasteiger partial charge is 0.354 e. The van der Waals surface area contributed by atoms with Crippen LogP contribution >= 0.6 is 11.6 Å². The van der Waals surface area contributed by atoms with E-state index in [1.54, 1.807) is 6.20 Å². The molecule has 0 unspecified atom stereocenters. The molecule has 1 saturated heterocycles. The average Bonchev–Trinajstić information content (AvgIpc) is 2.63. The number of aromatic nitrogens is 1. The topological polar surface area (TPSA) is 60.5 Å². The Morgan fingerprint density at radius 1 is 1.23 bits per heavy atom. The summed E-state index contributed by atoms with van der Waals surface area (Å²) >= 11 is 5.69. The van der Waals surface area contributed by atoms with Gasteiger partial charge in [-0.2, -0.15) is 0 Å². The molecule has 1 aromatic carbocycles. The molecular formula is C18H21ClFN5O. The highest BCUT2D eigenvalue weighted by atomic mass is 35.5. The van der Waals surface area contributed by atoms with Gasteiger partial charge in [0.1, 0.15) is 11.6 Å². The van der Waals surface area contributed by atoms with E-state index in [0.717, 1.165) is 43.6 Å². The molecule has 0 aliphatic carbocycles. The summed E-state index contributed by atoms with van der Waals surface area (Å²) in [6.45, 7) is 4.25. The highest BCUT2D eigenvalue weighted by Crippen LogP contribution is 2.18. The Hall–Kier alpha value is -2.38. The fourth-order valence-electron chi connectivity index (χ4n) is 2.68. The Morgan fingerprint density at radius 2 is 2.00 bits per heavy atom. The fourth-order valence-corrected chi connectivity index (χ4v) is 2.84. The third-order valence-electron chi connectivity index (χ3n) is 4.27. The number of urea groups is 1. The smallest absolute Gasteiger partial charge is 0.319 e. The summed E-state index contributed by atoms with van der Waals surface area (Å²) in [5, 5.41) is 5.42. The number of benzene rings is 1. The molecule has 0 bridgehead atoms. The first-order valence-corrected chi connectivity index (χ1v) is 8.77. The van der Waals surface area contributed by atoms with E-state index in [1.807, 2.05) is 12.1 Å². The number of nitrogens with zero attached hydrogens (tertiary/aromatic N) is 3. The number of anilines is 2. The molecule has 8 heteroatoms. The molecule has 2 aromatic rings. The lowest BCUT2D eigenvalue weighted by atomic mass is 10.2. The van der Waals surface area contributed by atoms with Gasteiger partial charge in [0.15, 0.2) is 0 Å². The van der Waals surface area contributed by atoms with E-state index in [2.05, 4.69) is 32.5 Å². The van der Waals surface area contributed by atoms with E-state index in [1.165, 1.54) is 12.1 Å². The number of rotatable bonds is 4. The Labute approximate surface area is 157 Å². The van der Waals surface area contributed by atoms with E-state index in [-0.39, 0.29) is 10.7 Å². The number of amides is 2. The van der Waals surface area contributed by atoms with Crippen LogP contribution in [0.1, 0.15) is 5.56 Å². The maximum atomic E-state index is 13.7. The van der Waals surface area contributed by atoms with Crippen molar-refractivity contribution in [3.05, 3.63) is 52.9 Å². The van der Waals surface area contributed by atoms with Crippen molar-refractivity contribution in [2.24, 2.45) is 0 Å². The standard InChI is InChI=1S/C18H21ClFN5O/c1-24-6-8-25(9-7-24)17-5-2-13(11-21-17)12-22-18(26)23-16-4-3-14(19)10-15(16)20/h2-5,10-11H,6-9,12H2,1H3,(H2,22,23,26). The summed E-state index contributed by atoms with van der Waals surface area (Å²) in [5.74, 6) is 0.361. The monoisotopic (exact) mass is 377 g/mol. The molecule has 2 N–H and O–H groups in total. The van der Waals surface area contributed by atoms with Gasteiger partial charge in [-0.3, -0.25) is 0 Å². The van der Waals surface area contributed by atoms with Crippen LogP contribution < -0.4 is 15.5 Å². The number of nitrogens with one attached hydrogen (secondary N) is 2. The predicted octanol–water partition coefficient (Wildman–Crippen LogP) is 2.95. The SMILES string of the molecule is CN1CCN(c2ccc(CNC(=O)Nc3ccc(Cl)cc3F)cn2)CC1. The lowest BCUT2D eigenvalue weighted by Gasteiger charge is -2.33. The first kappa shape index (κ1) is 18.4. The summed E-state index contributed by atoms with van der Waals surface area (Å²) < 4.78 is 13.7. The van der Waals surface area contributed by atoms with Gasteiger partial charge in [0, 0.05) is 43.9 Å². The summed E-state index contributed by atoms with van der Waals surface area (Å²) in [5.41, 5.74) is 0.949. The summed E-state index contributed by atoms with van der Waals surface area (Å²) in [4.78, 5) is 20.9. The van der Waals surface area contributed by atoms with Crippen molar-refractivity contribution in [2.75, 3.05) is 43.4 Å². The van der Waals surface area contributed by atoms with Crippen molar-refractivity contribution < 1.29 is 9.18 Å². The van der Waals surface area contributed by atoms with E-state index in [0.29, 0.717) is 6.54 Å². The Kier molecular flexibility index (Phi) is 5.90. The summed E-state index contributed by atoms with van der Waals surface area (Å²) in [6, 6.07) is 7.49. The Morgan fingerprint density at radius 3 is 2.65 bits per heavy atom. The van der Waals surface area contributed by atoms with Gasteiger partial charge in [-0.25, -0.2) is 14.2 Å². The molecule has 138 valence electrons. The number of carbonyl (C=O) groups is 1. The van der Waals surface area contributed by atoms with Gasteiger partial charge in [0.25, 0.3) is 0 Å². The second kappa shape index (κ2) is 8.33. The normalized spacial score (nSPS) is 15.0. The van der Waals surface area contributed by atoms with Gasteiger partial charge in [0.2, 0.25) is 0 Å². The first-order valence-electron chi connectivity index (χ1n) is 8.39. The van der Waals surface area contributed by atoms with Crippen LogP contribution in [-0.2, 0) is 6.54 Å². The average molecular weight is 378 g/mol. The van der Waals surface area contributed by atoms with E-state index in [9.17, 15) is 9.18 Å². The maximum absolute atomic E-state index is 13.7. The van der Waals surface area contributed by atoms with E-state index < -0.39 is 11.8 Å². The number of carbonyl (C=O) groups excluding carboxylic acids is 1. The first-order chi connectivity index (χ1) is 12.5. The molecule has 0 spiro atoms. The lowest BCUT2D eigenvalue weighted by molar-refractivity contribution is 0.251. The van der Waals surface area contributed by atoms with E-state index >= 15 is 0 Å². The molecular weight excluding hydrogens is 357 g/mol. The van der Waals surface area contributed by atoms with Crippen molar-refractivity contribution in [2.45, 2.75) is 6.54 Å². The van der Waals surface area contributed by atoms with Crippen LogP contribution in [0, 0.1) is 5.82 Å². The zero-order valence-corrected chi connectivity index (χ0v) is 15.3. The minimum atomic E-state index is -0.578. The Bertz CT molecular complexity index is 763. The number of halogens is 2. The van der Waals surface area contributed by atoms with Crippen molar-refractivity contribution in [3.8, 4) is 0 Å². The predicted molar refractivity (Wildman–Crippen MR) is 101 cm³/mol. The second-order valence-corrected chi connectivity index (χ2v) is 6.68. The minimum Gasteiger partial charge on any atom is -0.354 e. The van der Waals surface area contributed by atoms with Gasteiger partial charge >= 0.3 is 6.03 Å². The number of hydrogen-bond acceptors (Lipinski definition) is 4. The van der Waals surface area contributed by atoms with Crippen LogP contribution in [0.5, 0.6) is 0 Å². The van der Waals surface area contributed by atoms with Crippen LogP contribution in [0.4, 0.5) is 20.7 Å². The Balaban J connectivity index is 1.50. The number of pyridine rings is 1. The number of piperazine rings is 1. The van der Waals surface area contributed by atoms with Crippen LogP contribution in [-0.4, -0.2) is 49.1 Å². The van der Waals surface area contributed by atoms with Gasteiger partial charge < -0.3 is 20.4 Å². The highest BCUT2D eigenvalue weighted by Gasteiger charge is 2.15. The maximum Gasteiger partial charge on any atom is 0.319 e. The van der Waals surface area contributed by atoms with Crippen LogP contribution in [0.15, 0.2) is 36.5 Å². The molecule has 2 heterocycles. The molecule has 26 heavy (non-hydrogen) atoms. The number of hydrogen-bond donors (Lipinski definition) is 2. The van der Waals surface area contributed by atoms with Crippen LogP contribution in [0.25, 0.3) is 0 Å². The summed E-state index contributed by atoms with van der Waals surface area (Å²) in [6.07, 6.45) is 1.75. The summed E-state index contributed by atoms with van der Waals surface area (Å²) in [7, 11) is 2.11. The van der Waals surface area contributed by atoms with Crippen molar-refractivity contribution >= 4 is 29.1 Å². The molecule has 0 saturated carbocycles. The molecule has 1 fully saturated rings. The van der Waals surface area contributed by atoms with Gasteiger partial charge in [0.05, 0.1) is 5.69 Å². The molecule has 3 rings (SSSR count). The zero-order valence-electron chi connectivity index (χ0n) is 14.5. The fraction of sp³-hybridized carbons (Fsp3) is 0.333. The molecule has 6 nitrogen and oxygen atoms in total. The third-order valence-corrected chi connectivity index (χ3v) is 4.50. The highest BCUT2D eigenvalue weighted by molar-refractivity contribution is 6.30. The minimum absolute atomic E-state index is 0.0791. The molecule has 1 aromatic heterocycles. The number of likely N-dealkylation sites (N-methyl/N-ethyl adjacent to an activating group) is 1. The van der Waals surface area contributed by atoms with Crippen LogP contribution in [0.3, 0.4) is 0 Å². The third kappa shape index (κ3) is 4.83. The quantitative estimate of drug-likeness (QED) is 0.860. The van der Waals surface area contributed by atoms with Gasteiger partial charge in [-0.15, -0.1) is 0 Å². The van der Waals surface area contributed by atoms with Gasteiger partial charge in [-0.1, -0.05) is 17.7 Å². The van der Waals surface area contributed by atoms with Crippen molar-refractivity contribution in [3.63, 3.8) is 0 Å². The molecule has 1 aliphatic heterocycles. The zero-order chi connectivity index (χ0) is 18.5. The molecule has 2 amide bonds. The van der Waals surface area contributed by atoms with Crippen molar-refractivity contribution in [1.82, 2.24) is 15.2 Å². The van der Waals surface area contributed by atoms with Crippen molar-refractivity contribution in [1.29, 1.82) is 0 Å². The van der Waals surface area contributed by atoms with Gasteiger partial charge in [-0.05, 0) is 36.9 Å². The second-order valence-electron chi connectivity index (χ2n) is 6.25. The molecule has 0 radical (unpaired) electrons. The van der Waals surface area contributed by atoms with Crippen LogP contribution in [0.2, 0.25) is 5.02 Å². The molecule has 1 aliphatic rings. The van der Waals surface area contributed by atoms with E-state index in [4.69, 9.17) is 11.6 Å². The molecule has 0 atom stereocenters.